The molecule has 0 radical (unpaired) electrons. The molecule has 9 nitrogen and oxygen atoms in total. The van der Waals surface area contributed by atoms with Crippen LogP contribution in [-0.4, -0.2) is 58.9 Å². The number of carbonyl (C=O) groups is 2. The van der Waals surface area contributed by atoms with Crippen LogP contribution in [0.1, 0.15) is 25.7 Å². The Balaban J connectivity index is 1.89. The van der Waals surface area contributed by atoms with Crippen molar-refractivity contribution >= 4 is 52.6 Å². The van der Waals surface area contributed by atoms with Crippen LogP contribution in [0.3, 0.4) is 0 Å². The van der Waals surface area contributed by atoms with Crippen LogP contribution >= 0.6 is 34.8 Å². The summed E-state index contributed by atoms with van der Waals surface area (Å²) in [7, 11) is 0. The maximum atomic E-state index is 11.8. The lowest BCUT2D eigenvalue weighted by Gasteiger charge is -2.47. The second-order valence-electron chi connectivity index (χ2n) is 6.81. The fourth-order valence-corrected chi connectivity index (χ4v) is 3.38. The van der Waals surface area contributed by atoms with E-state index >= 15 is 0 Å². The van der Waals surface area contributed by atoms with Gasteiger partial charge in [0.1, 0.15) is 12.2 Å². The van der Waals surface area contributed by atoms with Crippen molar-refractivity contribution in [3.8, 4) is 0 Å². The van der Waals surface area contributed by atoms with Gasteiger partial charge in [-0.15, -0.1) is 0 Å². The van der Waals surface area contributed by atoms with Crippen LogP contribution in [0.15, 0.2) is 30.3 Å². The predicted octanol–water partition coefficient (Wildman–Crippen LogP) is 3.05. The van der Waals surface area contributed by atoms with Crippen LogP contribution < -0.4 is 0 Å². The van der Waals surface area contributed by atoms with Gasteiger partial charge in [0.25, 0.3) is 3.79 Å². The summed E-state index contributed by atoms with van der Waals surface area (Å²) in [5, 5.41) is 7.82. The van der Waals surface area contributed by atoms with Crippen molar-refractivity contribution in [3.63, 3.8) is 0 Å². The lowest BCUT2D eigenvalue weighted by atomic mass is 9.97. The van der Waals surface area contributed by atoms with Crippen molar-refractivity contribution in [2.24, 2.45) is 0 Å². The zero-order valence-corrected chi connectivity index (χ0v) is 18.7. The molecule has 0 saturated carbocycles. The maximum Gasteiger partial charge on any atom is 0.303 e. The van der Waals surface area contributed by atoms with Crippen molar-refractivity contribution < 1.29 is 38.0 Å². The summed E-state index contributed by atoms with van der Waals surface area (Å²) >= 11 is 17.1. The summed E-state index contributed by atoms with van der Waals surface area (Å²) < 4.78 is 31.4. The molecule has 2 heterocycles. The fraction of sp³-hybridized carbons (Fsp3) is 0.526. The van der Waals surface area contributed by atoms with Crippen LogP contribution in [0.4, 0.5) is 0 Å². The molecular formula is C19H20Cl3NO8. The number of hydrogen-bond donors (Lipinski definition) is 1. The van der Waals surface area contributed by atoms with Crippen LogP contribution in [-0.2, 0) is 38.0 Å². The summed E-state index contributed by atoms with van der Waals surface area (Å²) in [6.07, 6.45) is -6.27. The summed E-state index contributed by atoms with van der Waals surface area (Å²) in [6, 6.07) is 9.12. The second-order valence-corrected chi connectivity index (χ2v) is 9.09. The highest BCUT2D eigenvalue weighted by atomic mass is 35.6. The summed E-state index contributed by atoms with van der Waals surface area (Å²) in [5.41, 5.74) is 0.739. The van der Waals surface area contributed by atoms with Gasteiger partial charge in [-0.1, -0.05) is 65.1 Å². The molecule has 1 N–H and O–H groups in total. The average molecular weight is 497 g/mol. The van der Waals surface area contributed by atoms with E-state index in [0.29, 0.717) is 0 Å². The van der Waals surface area contributed by atoms with Gasteiger partial charge in [-0.3, -0.25) is 15.0 Å². The van der Waals surface area contributed by atoms with E-state index < -0.39 is 58.6 Å². The monoisotopic (exact) mass is 495 g/mol. The van der Waals surface area contributed by atoms with Crippen molar-refractivity contribution in [2.75, 3.05) is 6.61 Å². The highest BCUT2D eigenvalue weighted by Gasteiger charge is 2.55. The topological polar surface area (TPSA) is 113 Å². The Labute approximate surface area is 193 Å². The Morgan fingerprint density at radius 3 is 2.19 bits per heavy atom. The number of rotatable bonds is 4. The van der Waals surface area contributed by atoms with Gasteiger partial charge in [-0.05, 0) is 0 Å². The Bertz CT molecular complexity index is 818. The molecule has 0 aromatic heterocycles. The van der Waals surface area contributed by atoms with E-state index in [1.807, 2.05) is 30.3 Å². The van der Waals surface area contributed by atoms with Gasteiger partial charge in [0.2, 0.25) is 18.3 Å². The van der Waals surface area contributed by atoms with E-state index in [0.717, 1.165) is 12.5 Å². The third-order valence-electron chi connectivity index (χ3n) is 4.45. The molecule has 2 aliphatic heterocycles. The van der Waals surface area contributed by atoms with Crippen LogP contribution in [0.2, 0.25) is 0 Å². The Hall–Kier alpha value is -1.62. The normalized spacial score (nSPS) is 30.6. The predicted molar refractivity (Wildman–Crippen MR) is 109 cm³/mol. The minimum Gasteiger partial charge on any atom is -0.455 e. The first kappa shape index (κ1) is 24.0. The number of fused-ring (bicyclic) bond motifs is 1. The maximum absolute atomic E-state index is 11.8. The zero-order chi connectivity index (χ0) is 22.8. The molecule has 1 unspecified atom stereocenters. The van der Waals surface area contributed by atoms with E-state index in [4.69, 9.17) is 68.6 Å². The third-order valence-corrected chi connectivity index (χ3v) is 4.97. The van der Waals surface area contributed by atoms with Gasteiger partial charge in [0.05, 0.1) is 6.61 Å². The molecule has 170 valence electrons. The zero-order valence-electron chi connectivity index (χ0n) is 16.5. The van der Waals surface area contributed by atoms with Crippen molar-refractivity contribution in [1.82, 2.24) is 0 Å². The highest BCUT2D eigenvalue weighted by Crippen LogP contribution is 2.38. The summed E-state index contributed by atoms with van der Waals surface area (Å²) in [6.45, 7) is 2.39. The molecule has 1 aromatic carbocycles. The summed E-state index contributed by atoms with van der Waals surface area (Å²) in [5.74, 6) is -2.12. The van der Waals surface area contributed by atoms with E-state index in [9.17, 15) is 9.59 Å². The first-order chi connectivity index (χ1) is 14.6. The molecule has 31 heavy (non-hydrogen) atoms. The number of nitrogens with one attached hydrogen (secondary N) is 1. The average Bonchev–Trinajstić information content (AvgIpc) is 2.69. The van der Waals surface area contributed by atoms with Gasteiger partial charge < -0.3 is 28.4 Å². The van der Waals surface area contributed by atoms with Gasteiger partial charge in [-0.2, -0.15) is 0 Å². The molecular weight excluding hydrogens is 477 g/mol. The summed E-state index contributed by atoms with van der Waals surface area (Å²) in [4.78, 5) is 23.6. The molecule has 2 fully saturated rings. The Kier molecular flexibility index (Phi) is 7.67. The molecule has 0 spiro atoms. The molecule has 2 aliphatic rings. The molecule has 2 saturated heterocycles. The van der Waals surface area contributed by atoms with Gasteiger partial charge in [0, 0.05) is 19.4 Å². The van der Waals surface area contributed by atoms with Gasteiger partial charge in [0.15, 0.2) is 12.4 Å². The molecule has 6 atom stereocenters. The lowest BCUT2D eigenvalue weighted by Crippen LogP contribution is -2.64. The quantitative estimate of drug-likeness (QED) is 0.293. The second kappa shape index (κ2) is 9.89. The lowest BCUT2D eigenvalue weighted by molar-refractivity contribution is -0.353. The number of benzene rings is 1. The minimum atomic E-state index is -2.18. The molecule has 12 heteroatoms. The molecule has 0 bridgehead atoms. The molecule has 0 amide bonds. The molecule has 0 aliphatic carbocycles. The van der Waals surface area contributed by atoms with E-state index in [1.54, 1.807) is 0 Å². The van der Waals surface area contributed by atoms with E-state index in [2.05, 4.69) is 0 Å². The SMILES string of the molecule is CC(=O)O[C@@H]1[C@@H](OC(C)=O)[C@@H](OC(=N)C(Cl)(Cl)Cl)O[C@@H]2COC(c3ccccc3)O[C@@H]12. The number of esters is 2. The smallest absolute Gasteiger partial charge is 0.303 e. The standard InChI is InChI=1S/C19H20Cl3NO8/c1-9(24)27-14-13-12(8-26-16(30-13)11-6-4-3-5-7-11)29-17(15(14)28-10(2)25)31-18(23)19(20,21)22/h3-7,12-17,23H,8H2,1-2H3/t12-,13-,14+,15-,16?,17-/m1/s1. The first-order valence-corrected chi connectivity index (χ1v) is 10.3. The van der Waals surface area contributed by atoms with Gasteiger partial charge >= 0.3 is 11.9 Å². The number of alkyl halides is 3. The first-order valence-electron chi connectivity index (χ1n) is 9.20. The Morgan fingerprint density at radius 1 is 1.00 bits per heavy atom. The van der Waals surface area contributed by atoms with Crippen LogP contribution in [0.25, 0.3) is 0 Å². The Morgan fingerprint density at radius 2 is 1.61 bits per heavy atom. The van der Waals surface area contributed by atoms with Crippen molar-refractivity contribution in [3.05, 3.63) is 35.9 Å². The highest BCUT2D eigenvalue weighted by molar-refractivity contribution is 6.76. The van der Waals surface area contributed by atoms with Crippen molar-refractivity contribution in [2.45, 2.75) is 54.6 Å². The third kappa shape index (κ3) is 6.00. The largest absolute Gasteiger partial charge is 0.455 e. The minimum absolute atomic E-state index is 0.0374. The number of halogens is 3. The van der Waals surface area contributed by atoms with Crippen molar-refractivity contribution in [1.29, 1.82) is 5.41 Å². The van der Waals surface area contributed by atoms with E-state index in [-0.39, 0.29) is 6.61 Å². The van der Waals surface area contributed by atoms with Gasteiger partial charge in [-0.25, -0.2) is 0 Å². The van der Waals surface area contributed by atoms with Crippen LogP contribution in [0, 0.1) is 5.41 Å². The molecule has 1 aromatic rings. The number of ether oxygens (including phenoxy) is 6. The number of hydrogen-bond acceptors (Lipinski definition) is 9. The van der Waals surface area contributed by atoms with E-state index in [1.165, 1.54) is 6.92 Å². The fourth-order valence-electron chi connectivity index (χ4n) is 3.25. The number of carbonyl (C=O) groups excluding carboxylic acids is 2. The molecule has 3 rings (SSSR count). The van der Waals surface area contributed by atoms with Crippen LogP contribution in [0.5, 0.6) is 0 Å².